The first-order valence-electron chi connectivity index (χ1n) is 6.48. The van der Waals surface area contributed by atoms with Crippen LogP contribution in [0, 0.1) is 0 Å². The summed E-state index contributed by atoms with van der Waals surface area (Å²) in [6.45, 7) is 6.28. The molecule has 1 aromatic rings. The molecule has 22 heavy (non-hydrogen) atoms. The van der Waals surface area contributed by atoms with Crippen molar-refractivity contribution in [2.24, 2.45) is 4.99 Å². The smallest absolute Gasteiger partial charge is 0.336 e. The summed E-state index contributed by atoms with van der Waals surface area (Å²) in [5.74, 6) is 0. The lowest BCUT2D eigenvalue weighted by atomic mass is 10.2. The van der Waals surface area contributed by atoms with E-state index in [2.05, 4.69) is 16.9 Å². The molecule has 1 aliphatic heterocycles. The molecule has 8 heteroatoms. The van der Waals surface area contributed by atoms with Gasteiger partial charge in [0.2, 0.25) is 0 Å². The number of nitrogens with one attached hydrogen (secondary N) is 1. The molecule has 0 radical (unpaired) electrons. The Kier molecular flexibility index (Phi) is 4.80. The Labute approximate surface area is 130 Å². The number of amides is 2. The molecule has 1 N–H and O–H groups in total. The fourth-order valence-corrected chi connectivity index (χ4v) is 2.73. The van der Waals surface area contributed by atoms with Crippen molar-refractivity contribution in [1.82, 2.24) is 5.32 Å². The molecule has 118 valence electrons. The van der Waals surface area contributed by atoms with Gasteiger partial charge in [-0.3, -0.25) is 0 Å². The van der Waals surface area contributed by atoms with Crippen molar-refractivity contribution in [3.63, 3.8) is 0 Å². The molecule has 0 spiro atoms. The summed E-state index contributed by atoms with van der Waals surface area (Å²) >= 11 is 1.18. The zero-order valence-electron chi connectivity index (χ0n) is 11.8. The Hall–Kier alpha value is -1.96. The molecule has 2 amide bonds. The average molecular weight is 329 g/mol. The highest BCUT2D eigenvalue weighted by Crippen LogP contribution is 2.36. The van der Waals surface area contributed by atoms with Crippen molar-refractivity contribution in [2.75, 3.05) is 18.0 Å². The second-order valence-corrected chi connectivity index (χ2v) is 5.65. The summed E-state index contributed by atoms with van der Waals surface area (Å²) in [5.41, 5.74) is -0.422. The summed E-state index contributed by atoms with van der Waals surface area (Å²) in [6, 6.07) is 4.38. The van der Waals surface area contributed by atoms with Crippen molar-refractivity contribution < 1.29 is 18.0 Å². The summed E-state index contributed by atoms with van der Waals surface area (Å²) in [5, 5.41) is 2.83. The summed E-state index contributed by atoms with van der Waals surface area (Å²) in [4.78, 5) is 17.7. The van der Waals surface area contributed by atoms with Crippen LogP contribution in [-0.2, 0) is 6.18 Å². The van der Waals surface area contributed by atoms with Gasteiger partial charge in [0.15, 0.2) is 5.17 Å². The minimum absolute atomic E-state index is 0.310. The molecule has 0 atom stereocenters. The van der Waals surface area contributed by atoms with E-state index in [9.17, 15) is 18.0 Å². The Morgan fingerprint density at radius 3 is 2.86 bits per heavy atom. The molecule has 0 unspecified atom stereocenters. The quantitative estimate of drug-likeness (QED) is 0.896. The van der Waals surface area contributed by atoms with Gasteiger partial charge < -0.3 is 10.2 Å². The summed E-state index contributed by atoms with van der Waals surface area (Å²) in [7, 11) is 0. The van der Waals surface area contributed by atoms with E-state index in [-0.39, 0.29) is 0 Å². The third kappa shape index (κ3) is 3.82. The van der Waals surface area contributed by atoms with Crippen molar-refractivity contribution in [1.29, 1.82) is 0 Å². The van der Waals surface area contributed by atoms with Crippen LogP contribution in [0.1, 0.15) is 12.5 Å². The van der Waals surface area contributed by atoms with Crippen LogP contribution in [0.3, 0.4) is 0 Å². The molecule has 4 nitrogen and oxygen atoms in total. The number of anilines is 1. The molecule has 1 aliphatic rings. The van der Waals surface area contributed by atoms with E-state index < -0.39 is 17.8 Å². The Morgan fingerprint density at radius 2 is 2.23 bits per heavy atom. The molecular formula is C14H14F3N3OS. The first kappa shape index (κ1) is 16.4. The van der Waals surface area contributed by atoms with Crippen LogP contribution in [-0.4, -0.2) is 24.3 Å². The molecule has 1 fully saturated rings. The monoisotopic (exact) mass is 329 g/mol. The van der Waals surface area contributed by atoms with Crippen LogP contribution in [0.5, 0.6) is 0 Å². The van der Waals surface area contributed by atoms with E-state index in [1.54, 1.807) is 13.0 Å². The first-order chi connectivity index (χ1) is 10.3. The molecular weight excluding hydrogens is 315 g/mol. The number of hydrogen-bond donors (Lipinski definition) is 1. The number of alkyl halides is 3. The van der Waals surface area contributed by atoms with Gasteiger partial charge in [0, 0.05) is 17.1 Å². The third-order valence-corrected chi connectivity index (χ3v) is 3.72. The van der Waals surface area contributed by atoms with E-state index in [0.717, 1.165) is 12.1 Å². The van der Waals surface area contributed by atoms with Crippen LogP contribution in [0.2, 0.25) is 0 Å². The second kappa shape index (κ2) is 6.43. The molecule has 1 heterocycles. The van der Waals surface area contributed by atoms with E-state index in [1.165, 1.54) is 22.7 Å². The number of aliphatic imine (C=N–C) groups is 1. The van der Waals surface area contributed by atoms with Crippen LogP contribution in [0.4, 0.5) is 23.7 Å². The number of hydrogen-bond acceptors (Lipinski definition) is 2. The van der Waals surface area contributed by atoms with E-state index in [0.29, 0.717) is 28.8 Å². The number of amidine groups is 1. The summed E-state index contributed by atoms with van der Waals surface area (Å²) in [6.07, 6.45) is -4.42. The lowest BCUT2D eigenvalue weighted by Gasteiger charge is -2.19. The van der Waals surface area contributed by atoms with Crippen molar-refractivity contribution >= 4 is 28.6 Å². The first-order valence-corrected chi connectivity index (χ1v) is 7.30. The van der Waals surface area contributed by atoms with Crippen molar-refractivity contribution in [3.8, 4) is 0 Å². The molecule has 0 saturated carbocycles. The van der Waals surface area contributed by atoms with E-state index in [1.807, 2.05) is 0 Å². The van der Waals surface area contributed by atoms with Crippen LogP contribution in [0.25, 0.3) is 0 Å². The molecule has 0 aromatic heterocycles. The van der Waals surface area contributed by atoms with Gasteiger partial charge in [-0.2, -0.15) is 18.2 Å². The van der Waals surface area contributed by atoms with Gasteiger partial charge in [0.1, 0.15) is 0 Å². The largest absolute Gasteiger partial charge is 0.416 e. The van der Waals surface area contributed by atoms with Crippen molar-refractivity contribution in [2.45, 2.75) is 13.1 Å². The van der Waals surface area contributed by atoms with Crippen LogP contribution >= 0.6 is 11.8 Å². The van der Waals surface area contributed by atoms with Crippen LogP contribution < -0.4 is 10.2 Å². The SMILES string of the molecule is C=C1CN(c2cccc(C(F)(F)F)c2)/C(=N/C(=O)NCC)S1. The number of rotatable bonds is 2. The summed E-state index contributed by atoms with van der Waals surface area (Å²) < 4.78 is 38.4. The highest BCUT2D eigenvalue weighted by Gasteiger charge is 2.32. The van der Waals surface area contributed by atoms with E-state index >= 15 is 0 Å². The number of carbonyl (C=O) groups excluding carboxylic acids is 1. The maximum absolute atomic E-state index is 12.8. The van der Waals surface area contributed by atoms with Gasteiger partial charge in [-0.15, -0.1) is 0 Å². The molecule has 1 saturated heterocycles. The number of carbonyl (C=O) groups is 1. The molecule has 0 bridgehead atoms. The second-order valence-electron chi connectivity index (χ2n) is 4.50. The zero-order valence-corrected chi connectivity index (χ0v) is 12.6. The molecule has 0 aliphatic carbocycles. The van der Waals surface area contributed by atoms with Crippen molar-refractivity contribution in [3.05, 3.63) is 41.3 Å². The Morgan fingerprint density at radius 1 is 1.50 bits per heavy atom. The average Bonchev–Trinajstić information content (AvgIpc) is 2.79. The highest BCUT2D eigenvalue weighted by atomic mass is 32.2. The zero-order chi connectivity index (χ0) is 16.3. The lowest BCUT2D eigenvalue weighted by Crippen LogP contribution is -2.27. The molecule has 2 rings (SSSR count). The fraction of sp³-hybridized carbons (Fsp3) is 0.286. The number of nitrogens with zero attached hydrogens (tertiary/aromatic N) is 2. The Bertz CT molecular complexity index is 628. The predicted molar refractivity (Wildman–Crippen MR) is 82.0 cm³/mol. The highest BCUT2D eigenvalue weighted by molar-refractivity contribution is 8.18. The minimum atomic E-state index is -4.42. The number of urea groups is 1. The van der Waals surface area contributed by atoms with Gasteiger partial charge in [-0.1, -0.05) is 24.4 Å². The number of halogens is 3. The number of benzene rings is 1. The number of thioether (sulfide) groups is 1. The maximum Gasteiger partial charge on any atom is 0.416 e. The fourth-order valence-electron chi connectivity index (χ4n) is 1.87. The van der Waals surface area contributed by atoms with Gasteiger partial charge in [-0.05, 0) is 25.1 Å². The third-order valence-electron chi connectivity index (χ3n) is 2.81. The maximum atomic E-state index is 12.8. The van der Waals surface area contributed by atoms with Gasteiger partial charge in [-0.25, -0.2) is 4.79 Å². The topological polar surface area (TPSA) is 44.7 Å². The van der Waals surface area contributed by atoms with Gasteiger partial charge >= 0.3 is 12.2 Å². The van der Waals surface area contributed by atoms with Crippen LogP contribution in [0.15, 0.2) is 40.7 Å². The molecule has 1 aromatic carbocycles. The van der Waals surface area contributed by atoms with Gasteiger partial charge in [0.25, 0.3) is 0 Å². The standard InChI is InChI=1S/C14H14F3N3OS/c1-3-18-12(21)19-13-20(8-9(2)22-13)11-6-4-5-10(7-11)14(15,16)17/h4-7H,2-3,8H2,1H3,(H,18,21)/b19-13-. The lowest BCUT2D eigenvalue weighted by molar-refractivity contribution is -0.137. The van der Waals surface area contributed by atoms with Gasteiger partial charge in [0.05, 0.1) is 12.1 Å². The Balaban J connectivity index is 2.33. The predicted octanol–water partition coefficient (Wildman–Crippen LogP) is 3.86. The normalized spacial score (nSPS) is 17.2. The van der Waals surface area contributed by atoms with E-state index in [4.69, 9.17) is 0 Å². The minimum Gasteiger partial charge on any atom is -0.336 e.